The largest absolute Gasteiger partial charge is 0.490 e. The normalized spacial score (nSPS) is 22.3. The van der Waals surface area contributed by atoms with Crippen molar-refractivity contribution in [2.24, 2.45) is 0 Å². The number of halogens is 3. The summed E-state index contributed by atoms with van der Waals surface area (Å²) in [5.41, 5.74) is -0.468. The number of nitrogens with one attached hydrogen (secondary N) is 1. The Morgan fingerprint density at radius 2 is 1.82 bits per heavy atom. The lowest BCUT2D eigenvalue weighted by Crippen LogP contribution is -2.49. The minimum Gasteiger partial charge on any atom is -0.452 e. The predicted octanol–water partition coefficient (Wildman–Crippen LogP) is 3.32. The van der Waals surface area contributed by atoms with Crippen LogP contribution in [0.5, 0.6) is 0 Å². The molecule has 2 aliphatic heterocycles. The van der Waals surface area contributed by atoms with Crippen LogP contribution in [0.2, 0.25) is 0 Å². The van der Waals surface area contributed by atoms with Gasteiger partial charge in [-0.15, -0.1) is 11.3 Å². The van der Waals surface area contributed by atoms with Crippen LogP contribution in [0, 0.1) is 0 Å². The molecule has 2 saturated heterocycles. The fraction of sp³-hybridized carbons (Fsp3) is 0.455. The molecule has 1 aromatic carbocycles. The number of ether oxygens (including phenoxy) is 1. The number of amides is 1. The van der Waals surface area contributed by atoms with Crippen molar-refractivity contribution in [3.05, 3.63) is 57.8 Å². The lowest BCUT2D eigenvalue weighted by Gasteiger charge is -2.41. The Hall–Kier alpha value is -2.44. The van der Waals surface area contributed by atoms with Gasteiger partial charge >= 0.3 is 12.1 Å². The highest BCUT2D eigenvalue weighted by Gasteiger charge is 2.47. The second-order valence-corrected chi connectivity index (χ2v) is 11.6. The van der Waals surface area contributed by atoms with E-state index in [0.29, 0.717) is 24.5 Å². The second kappa shape index (κ2) is 9.31. The number of alkyl halides is 3. The van der Waals surface area contributed by atoms with Crippen molar-refractivity contribution < 1.29 is 35.9 Å². The van der Waals surface area contributed by atoms with Crippen LogP contribution in [0.15, 0.2) is 42.5 Å². The Morgan fingerprint density at radius 1 is 1.15 bits per heavy atom. The van der Waals surface area contributed by atoms with E-state index in [1.807, 2.05) is 9.62 Å². The quantitative estimate of drug-likeness (QED) is 0.593. The van der Waals surface area contributed by atoms with Gasteiger partial charge in [-0.3, -0.25) is 14.4 Å². The molecule has 34 heavy (non-hydrogen) atoms. The highest BCUT2D eigenvalue weighted by atomic mass is 32.2. The molecule has 0 bridgehead atoms. The van der Waals surface area contributed by atoms with Gasteiger partial charge in [-0.25, -0.2) is 13.2 Å². The van der Waals surface area contributed by atoms with Gasteiger partial charge in [-0.05, 0) is 17.7 Å². The van der Waals surface area contributed by atoms with Gasteiger partial charge in [0.2, 0.25) is 15.9 Å². The topological polar surface area (TPSA) is 92.8 Å². The van der Waals surface area contributed by atoms with Crippen molar-refractivity contribution in [2.75, 3.05) is 13.1 Å². The van der Waals surface area contributed by atoms with Crippen LogP contribution < -0.4 is 4.72 Å². The van der Waals surface area contributed by atoms with E-state index in [1.165, 1.54) is 11.3 Å². The molecule has 1 amide bonds. The van der Waals surface area contributed by atoms with Crippen LogP contribution in [0.4, 0.5) is 13.2 Å². The summed E-state index contributed by atoms with van der Waals surface area (Å²) in [6.07, 6.45) is -4.52. The number of carbonyl (C=O) groups excluding carboxylic acids is 2. The molecule has 2 aromatic rings. The van der Waals surface area contributed by atoms with Crippen molar-refractivity contribution >= 4 is 33.2 Å². The zero-order valence-electron chi connectivity index (χ0n) is 18.0. The monoisotopic (exact) mass is 516 g/mol. The molecule has 2 aliphatic rings. The van der Waals surface area contributed by atoms with Crippen LogP contribution in [-0.2, 0) is 37.3 Å². The molecule has 2 fully saturated rings. The third-order valence-corrected chi connectivity index (χ3v) is 9.07. The smallest absolute Gasteiger partial charge is 0.452 e. The summed E-state index contributed by atoms with van der Waals surface area (Å²) in [7, 11) is -3.72. The number of hydrogen-bond donors (Lipinski definition) is 1. The van der Waals surface area contributed by atoms with Gasteiger partial charge in [0.25, 0.3) is 0 Å². The predicted molar refractivity (Wildman–Crippen MR) is 118 cm³/mol. The molecule has 0 radical (unpaired) electrons. The minimum atomic E-state index is -5.06. The molecular weight excluding hydrogens is 493 g/mol. The number of piperidine rings is 1. The zero-order chi connectivity index (χ0) is 24.6. The first-order valence-electron chi connectivity index (χ1n) is 10.7. The zero-order valence-corrected chi connectivity index (χ0v) is 19.6. The molecule has 0 aliphatic carbocycles. The van der Waals surface area contributed by atoms with E-state index < -0.39 is 38.9 Å². The summed E-state index contributed by atoms with van der Waals surface area (Å²) in [6.45, 7) is 1.30. The van der Waals surface area contributed by atoms with Crippen molar-refractivity contribution in [1.82, 2.24) is 9.62 Å². The van der Waals surface area contributed by atoms with Crippen LogP contribution >= 0.6 is 11.3 Å². The number of hydrogen-bond acceptors (Lipinski definition) is 7. The number of carbonyl (C=O) groups is 2. The molecular formula is C22H23F3N2O5S2. The summed E-state index contributed by atoms with van der Waals surface area (Å²) in [4.78, 5) is 26.7. The summed E-state index contributed by atoms with van der Waals surface area (Å²) in [5.74, 6) is -2.71. The highest BCUT2D eigenvalue weighted by Crippen LogP contribution is 2.37. The lowest BCUT2D eigenvalue weighted by atomic mass is 9.85. The van der Waals surface area contributed by atoms with Gasteiger partial charge in [-0.2, -0.15) is 13.2 Å². The summed E-state index contributed by atoms with van der Waals surface area (Å²) in [6, 6.07) is 12.4. The SMILES string of the molecule is O=C1CC(c2ccc(CN3CCC(Cc4ccccc4)(OC(=O)C(F)(F)F)CC3)s2)S(=O)(=O)N1. The van der Waals surface area contributed by atoms with E-state index in [-0.39, 0.29) is 25.7 Å². The first-order valence-corrected chi connectivity index (χ1v) is 13.0. The maximum absolute atomic E-state index is 12.9. The Labute approximate surface area is 199 Å². The Morgan fingerprint density at radius 3 is 2.41 bits per heavy atom. The molecule has 12 heteroatoms. The molecule has 1 aromatic heterocycles. The van der Waals surface area contributed by atoms with Gasteiger partial charge in [0.15, 0.2) is 0 Å². The maximum atomic E-state index is 12.9. The molecule has 1 unspecified atom stereocenters. The van der Waals surface area contributed by atoms with Crippen molar-refractivity contribution in [2.45, 2.75) is 49.3 Å². The molecule has 0 spiro atoms. The standard InChI is InChI=1S/C22H23F3N2O5S2/c23-22(24,25)20(29)32-21(13-15-4-2-1-3-5-15)8-10-27(11-9-21)14-16-6-7-17(33-16)18-12-19(28)26-34(18,30)31/h1-7,18H,8-14H2,(H,26,28). The van der Waals surface area contributed by atoms with E-state index in [1.54, 1.807) is 42.5 Å². The maximum Gasteiger partial charge on any atom is 0.490 e. The summed E-state index contributed by atoms with van der Waals surface area (Å²) < 4.78 is 70.0. The number of rotatable bonds is 6. The molecule has 4 rings (SSSR count). The van der Waals surface area contributed by atoms with Gasteiger partial charge < -0.3 is 4.74 Å². The third-order valence-electron chi connectivity index (χ3n) is 6.06. The van der Waals surface area contributed by atoms with Crippen LogP contribution in [-0.4, -0.2) is 50.1 Å². The van der Waals surface area contributed by atoms with E-state index in [4.69, 9.17) is 4.74 Å². The van der Waals surface area contributed by atoms with Gasteiger partial charge in [-0.1, -0.05) is 30.3 Å². The van der Waals surface area contributed by atoms with Crippen molar-refractivity contribution in [3.63, 3.8) is 0 Å². The number of thiophene rings is 1. The van der Waals surface area contributed by atoms with E-state index >= 15 is 0 Å². The molecule has 1 atom stereocenters. The average molecular weight is 517 g/mol. The first kappa shape index (κ1) is 24.7. The van der Waals surface area contributed by atoms with Gasteiger partial charge in [0, 0.05) is 48.7 Å². The van der Waals surface area contributed by atoms with Crippen molar-refractivity contribution in [1.29, 1.82) is 0 Å². The highest BCUT2D eigenvalue weighted by molar-refractivity contribution is 7.90. The number of esters is 1. The molecule has 7 nitrogen and oxygen atoms in total. The van der Waals surface area contributed by atoms with E-state index in [0.717, 1.165) is 10.4 Å². The molecule has 1 N–H and O–H groups in total. The number of nitrogens with zero attached hydrogens (tertiary/aromatic N) is 1. The first-order chi connectivity index (χ1) is 16.0. The molecule has 184 valence electrons. The Balaban J connectivity index is 1.43. The molecule has 3 heterocycles. The third kappa shape index (κ3) is 5.61. The second-order valence-electron chi connectivity index (χ2n) is 8.58. The number of likely N-dealkylation sites (tertiary alicyclic amines) is 1. The lowest BCUT2D eigenvalue weighted by molar-refractivity contribution is -0.217. The van der Waals surface area contributed by atoms with Crippen LogP contribution in [0.1, 0.15) is 39.8 Å². The van der Waals surface area contributed by atoms with Crippen molar-refractivity contribution in [3.8, 4) is 0 Å². The average Bonchev–Trinajstić information content (AvgIpc) is 3.32. The van der Waals surface area contributed by atoms with Crippen LogP contribution in [0.25, 0.3) is 0 Å². The van der Waals surface area contributed by atoms with Crippen LogP contribution in [0.3, 0.4) is 0 Å². The Bertz CT molecular complexity index is 1160. The van der Waals surface area contributed by atoms with E-state index in [9.17, 15) is 31.2 Å². The summed E-state index contributed by atoms with van der Waals surface area (Å²) >= 11 is 1.30. The fourth-order valence-electron chi connectivity index (χ4n) is 4.33. The van der Waals surface area contributed by atoms with Gasteiger partial charge in [0.1, 0.15) is 10.9 Å². The minimum absolute atomic E-state index is 0.113. The van der Waals surface area contributed by atoms with Gasteiger partial charge in [0.05, 0.1) is 6.42 Å². The fourth-order valence-corrected chi connectivity index (χ4v) is 7.19. The number of sulfonamides is 1. The molecule has 0 saturated carbocycles. The Kier molecular flexibility index (Phi) is 6.76. The number of benzene rings is 1. The van der Waals surface area contributed by atoms with E-state index in [2.05, 4.69) is 0 Å². The summed E-state index contributed by atoms with van der Waals surface area (Å²) in [5, 5.41) is -0.902.